The van der Waals surface area contributed by atoms with Crippen LogP contribution >= 0.6 is 0 Å². The number of aliphatic carboxylic acids is 1. The number of hydrogen-bond acceptors (Lipinski definition) is 4. The van der Waals surface area contributed by atoms with Crippen LogP contribution in [0.4, 0.5) is 11.4 Å². The molecule has 1 aromatic rings. The zero-order chi connectivity index (χ0) is 12.1. The first-order chi connectivity index (χ1) is 7.50. The average molecular weight is 222 g/mol. The van der Waals surface area contributed by atoms with Crippen molar-refractivity contribution in [1.82, 2.24) is 0 Å². The van der Waals surface area contributed by atoms with Gasteiger partial charge in [-0.15, -0.1) is 0 Å². The highest BCUT2D eigenvalue weighted by molar-refractivity contribution is 5.97. The zero-order valence-electron chi connectivity index (χ0n) is 8.77. The Bertz CT molecular complexity index is 416. The van der Waals surface area contributed by atoms with E-state index in [1.54, 1.807) is 12.1 Å². The first-order valence-corrected chi connectivity index (χ1v) is 4.90. The number of Topliss-reactive ketones (excluding diaryl/α,β-unsaturated/α-hetero) is 1. The summed E-state index contributed by atoms with van der Waals surface area (Å²) in [5.74, 6) is -1.02. The lowest BCUT2D eigenvalue weighted by molar-refractivity contribution is -0.137. The van der Waals surface area contributed by atoms with E-state index in [-0.39, 0.29) is 18.6 Å². The number of ketones is 1. The Kier molecular flexibility index (Phi) is 3.88. The quantitative estimate of drug-likeness (QED) is 0.514. The Morgan fingerprint density at radius 1 is 1.12 bits per heavy atom. The molecule has 5 nitrogen and oxygen atoms in total. The van der Waals surface area contributed by atoms with Crippen molar-refractivity contribution in [3.05, 3.63) is 23.8 Å². The maximum atomic E-state index is 11.6. The number of carboxylic acids is 1. The number of nitrogens with two attached hydrogens (primary N) is 2. The largest absolute Gasteiger partial charge is 0.481 e. The maximum Gasteiger partial charge on any atom is 0.303 e. The van der Waals surface area contributed by atoms with Crippen LogP contribution in [0.2, 0.25) is 0 Å². The molecular formula is C11H14N2O3. The molecule has 0 saturated heterocycles. The van der Waals surface area contributed by atoms with Gasteiger partial charge in [-0.2, -0.15) is 0 Å². The summed E-state index contributed by atoms with van der Waals surface area (Å²) in [5.41, 5.74) is 12.3. The van der Waals surface area contributed by atoms with Gasteiger partial charge in [0, 0.05) is 18.4 Å². The molecule has 86 valence electrons. The molecule has 0 saturated carbocycles. The van der Waals surface area contributed by atoms with E-state index in [0.29, 0.717) is 23.4 Å². The smallest absolute Gasteiger partial charge is 0.303 e. The summed E-state index contributed by atoms with van der Waals surface area (Å²) in [6.45, 7) is 0. The molecule has 0 amide bonds. The van der Waals surface area contributed by atoms with Crippen LogP contribution in [0.3, 0.4) is 0 Å². The molecule has 0 atom stereocenters. The van der Waals surface area contributed by atoms with Crippen molar-refractivity contribution in [1.29, 1.82) is 0 Å². The molecule has 0 radical (unpaired) electrons. The molecule has 0 heterocycles. The van der Waals surface area contributed by atoms with Crippen LogP contribution in [0.5, 0.6) is 0 Å². The molecule has 0 aromatic heterocycles. The second-order valence-electron chi connectivity index (χ2n) is 3.51. The molecule has 0 spiro atoms. The highest BCUT2D eigenvalue weighted by Crippen LogP contribution is 2.17. The molecule has 0 aliphatic rings. The normalized spacial score (nSPS) is 10.0. The number of nitrogen functional groups attached to an aromatic ring is 2. The number of hydrogen-bond donors (Lipinski definition) is 3. The molecule has 0 unspecified atom stereocenters. The van der Waals surface area contributed by atoms with Crippen LogP contribution in [0.15, 0.2) is 18.2 Å². The number of carbonyl (C=O) groups excluding carboxylic acids is 1. The second kappa shape index (κ2) is 5.16. The monoisotopic (exact) mass is 222 g/mol. The van der Waals surface area contributed by atoms with Crippen molar-refractivity contribution in [3.63, 3.8) is 0 Å². The van der Waals surface area contributed by atoms with Gasteiger partial charge in [0.25, 0.3) is 0 Å². The number of rotatable bonds is 5. The molecule has 5 N–H and O–H groups in total. The van der Waals surface area contributed by atoms with Crippen LogP contribution in [0.1, 0.15) is 29.6 Å². The second-order valence-corrected chi connectivity index (χ2v) is 3.51. The Morgan fingerprint density at radius 2 is 1.81 bits per heavy atom. The molecule has 5 heteroatoms. The predicted molar refractivity (Wildman–Crippen MR) is 61.1 cm³/mol. The van der Waals surface area contributed by atoms with Gasteiger partial charge in [-0.05, 0) is 24.6 Å². The third-order valence-corrected chi connectivity index (χ3v) is 2.20. The third kappa shape index (κ3) is 3.27. The SMILES string of the molecule is Nc1ccc(C(=O)CCCC(=O)O)cc1N. The van der Waals surface area contributed by atoms with Crippen LogP contribution in [0, 0.1) is 0 Å². The van der Waals surface area contributed by atoms with Crippen LogP contribution in [-0.2, 0) is 4.79 Å². The lowest BCUT2D eigenvalue weighted by Crippen LogP contribution is -2.03. The van der Waals surface area contributed by atoms with Crippen molar-refractivity contribution >= 4 is 23.1 Å². The van der Waals surface area contributed by atoms with Gasteiger partial charge in [-0.25, -0.2) is 0 Å². The molecule has 16 heavy (non-hydrogen) atoms. The minimum atomic E-state index is -0.898. The Labute approximate surface area is 93.1 Å². The van der Waals surface area contributed by atoms with Gasteiger partial charge < -0.3 is 16.6 Å². The Hall–Kier alpha value is -2.04. The Balaban J connectivity index is 2.59. The standard InChI is InChI=1S/C11H14N2O3/c12-8-5-4-7(6-9(8)13)10(14)2-1-3-11(15)16/h4-6H,1-3,12-13H2,(H,15,16). The van der Waals surface area contributed by atoms with Crippen molar-refractivity contribution in [2.24, 2.45) is 0 Å². The Morgan fingerprint density at radius 3 is 2.38 bits per heavy atom. The number of carbonyl (C=O) groups is 2. The van der Waals surface area contributed by atoms with Gasteiger partial charge in [0.15, 0.2) is 5.78 Å². The van der Waals surface area contributed by atoms with Gasteiger partial charge >= 0.3 is 5.97 Å². The van der Waals surface area contributed by atoms with E-state index in [9.17, 15) is 9.59 Å². The molecule has 1 rings (SSSR count). The highest BCUT2D eigenvalue weighted by Gasteiger charge is 2.08. The van der Waals surface area contributed by atoms with Gasteiger partial charge in [-0.3, -0.25) is 9.59 Å². The molecule has 0 aliphatic carbocycles. The van der Waals surface area contributed by atoms with E-state index in [0.717, 1.165) is 0 Å². The topological polar surface area (TPSA) is 106 Å². The van der Waals surface area contributed by atoms with Crippen LogP contribution < -0.4 is 11.5 Å². The fourth-order valence-electron chi connectivity index (χ4n) is 1.29. The van der Waals surface area contributed by atoms with Gasteiger partial charge in [0.1, 0.15) is 0 Å². The fourth-order valence-corrected chi connectivity index (χ4v) is 1.29. The summed E-state index contributed by atoms with van der Waals surface area (Å²) in [7, 11) is 0. The predicted octanol–water partition coefficient (Wildman–Crippen LogP) is 1.29. The van der Waals surface area contributed by atoms with Crippen LogP contribution in [0.25, 0.3) is 0 Å². The minimum Gasteiger partial charge on any atom is -0.481 e. The van der Waals surface area contributed by atoms with E-state index < -0.39 is 5.97 Å². The maximum absolute atomic E-state index is 11.6. The van der Waals surface area contributed by atoms with Gasteiger partial charge in [-0.1, -0.05) is 0 Å². The van der Waals surface area contributed by atoms with Crippen molar-refractivity contribution < 1.29 is 14.7 Å². The van der Waals surface area contributed by atoms with Crippen molar-refractivity contribution in [2.75, 3.05) is 11.5 Å². The molecular weight excluding hydrogens is 208 g/mol. The average Bonchev–Trinajstić information content (AvgIpc) is 2.21. The summed E-state index contributed by atoms with van der Waals surface area (Å²) < 4.78 is 0. The molecule has 1 aromatic carbocycles. The first kappa shape index (κ1) is 12.0. The fraction of sp³-hybridized carbons (Fsp3) is 0.273. The number of benzene rings is 1. The van der Waals surface area contributed by atoms with Gasteiger partial charge in [0.2, 0.25) is 0 Å². The van der Waals surface area contributed by atoms with Crippen molar-refractivity contribution in [2.45, 2.75) is 19.3 Å². The van der Waals surface area contributed by atoms with E-state index in [1.165, 1.54) is 6.07 Å². The van der Waals surface area contributed by atoms with Crippen molar-refractivity contribution in [3.8, 4) is 0 Å². The summed E-state index contributed by atoms with van der Waals surface area (Å²) in [6.07, 6.45) is 0.532. The first-order valence-electron chi connectivity index (χ1n) is 4.90. The highest BCUT2D eigenvalue weighted by atomic mass is 16.4. The van der Waals surface area contributed by atoms with E-state index in [1.807, 2.05) is 0 Å². The summed E-state index contributed by atoms with van der Waals surface area (Å²) in [5, 5.41) is 8.43. The third-order valence-electron chi connectivity index (χ3n) is 2.20. The van der Waals surface area contributed by atoms with Crippen LogP contribution in [-0.4, -0.2) is 16.9 Å². The minimum absolute atomic E-state index is 0.00378. The number of carboxylic acid groups (broad SMARTS) is 1. The molecule has 0 aliphatic heterocycles. The molecule has 0 bridgehead atoms. The van der Waals surface area contributed by atoms with E-state index in [2.05, 4.69) is 0 Å². The number of anilines is 2. The summed E-state index contributed by atoms with van der Waals surface area (Å²) in [4.78, 5) is 21.9. The lowest BCUT2D eigenvalue weighted by Gasteiger charge is -2.03. The molecule has 0 fully saturated rings. The van der Waals surface area contributed by atoms with Gasteiger partial charge in [0.05, 0.1) is 11.4 Å². The zero-order valence-corrected chi connectivity index (χ0v) is 8.77. The summed E-state index contributed by atoms with van der Waals surface area (Å²) >= 11 is 0. The van der Waals surface area contributed by atoms with E-state index >= 15 is 0 Å². The van der Waals surface area contributed by atoms with E-state index in [4.69, 9.17) is 16.6 Å². The lowest BCUT2D eigenvalue weighted by atomic mass is 10.0. The summed E-state index contributed by atoms with van der Waals surface area (Å²) in [6, 6.07) is 4.67.